The number of methoxy groups -OCH3 is 1. The van der Waals surface area contributed by atoms with E-state index in [0.717, 1.165) is 10.0 Å². The van der Waals surface area contributed by atoms with Crippen LogP contribution in [0, 0.1) is 5.92 Å². The van der Waals surface area contributed by atoms with Crippen LogP contribution in [0.3, 0.4) is 0 Å². The van der Waals surface area contributed by atoms with Crippen molar-refractivity contribution in [1.29, 1.82) is 0 Å². The van der Waals surface area contributed by atoms with Crippen molar-refractivity contribution in [3.8, 4) is 0 Å². The van der Waals surface area contributed by atoms with Gasteiger partial charge in [-0.2, -0.15) is 0 Å². The Balaban J connectivity index is 2.83. The van der Waals surface area contributed by atoms with E-state index in [-0.39, 0.29) is 31.5 Å². The number of aliphatic carboxylic acids is 1. The minimum atomic E-state index is -1.03. The predicted octanol–water partition coefficient (Wildman–Crippen LogP) is 2.14. The molecule has 5 nitrogen and oxygen atoms in total. The molecular weight excluding hydrogens is 326 g/mol. The fraction of sp³-hybridized carbons (Fsp3) is 0.429. The van der Waals surface area contributed by atoms with Gasteiger partial charge in [0.05, 0.1) is 12.5 Å². The Kier molecular flexibility index (Phi) is 6.67. The van der Waals surface area contributed by atoms with Gasteiger partial charge in [-0.3, -0.25) is 9.59 Å². The normalized spacial score (nSPS) is 11.9. The molecule has 1 rings (SSSR count). The molecule has 0 bridgehead atoms. The van der Waals surface area contributed by atoms with Crippen LogP contribution < -0.4 is 0 Å². The van der Waals surface area contributed by atoms with Crippen LogP contribution >= 0.6 is 15.9 Å². The van der Waals surface area contributed by atoms with Crippen molar-refractivity contribution in [3.63, 3.8) is 0 Å². The van der Waals surface area contributed by atoms with Gasteiger partial charge in [-0.25, -0.2) is 0 Å². The van der Waals surface area contributed by atoms with Crippen molar-refractivity contribution in [3.05, 3.63) is 34.3 Å². The summed E-state index contributed by atoms with van der Waals surface area (Å²) in [5.74, 6) is -1.63. The number of ether oxygens (including phenoxy) is 1. The van der Waals surface area contributed by atoms with Crippen LogP contribution in [0.5, 0.6) is 0 Å². The third-order valence-corrected chi connectivity index (χ3v) is 3.23. The molecule has 110 valence electrons. The minimum absolute atomic E-state index is 0.228. The van der Waals surface area contributed by atoms with E-state index < -0.39 is 5.97 Å². The molecule has 0 aliphatic carbocycles. The summed E-state index contributed by atoms with van der Waals surface area (Å²) < 4.78 is 5.84. The Labute approximate surface area is 126 Å². The number of carbonyl (C=O) groups excluding carboxylic acids is 1. The van der Waals surface area contributed by atoms with Crippen LogP contribution in [0.4, 0.5) is 0 Å². The summed E-state index contributed by atoms with van der Waals surface area (Å²) >= 11 is 3.35. The molecular formula is C14H18BrNO4. The number of carboxylic acid groups (broad SMARTS) is 1. The minimum Gasteiger partial charge on any atom is -0.480 e. The first-order valence-electron chi connectivity index (χ1n) is 6.18. The second kappa shape index (κ2) is 8.01. The van der Waals surface area contributed by atoms with E-state index in [1.807, 2.05) is 24.3 Å². The molecule has 20 heavy (non-hydrogen) atoms. The lowest BCUT2D eigenvalue weighted by Crippen LogP contribution is -2.39. The molecule has 0 heterocycles. The average Bonchev–Trinajstić information content (AvgIpc) is 2.37. The lowest BCUT2D eigenvalue weighted by Gasteiger charge is -2.24. The van der Waals surface area contributed by atoms with Gasteiger partial charge in [0.2, 0.25) is 5.91 Å². The maximum atomic E-state index is 12.2. The summed E-state index contributed by atoms with van der Waals surface area (Å²) in [6, 6.07) is 7.44. The predicted molar refractivity (Wildman–Crippen MR) is 78.2 cm³/mol. The van der Waals surface area contributed by atoms with Crippen LogP contribution in [0.15, 0.2) is 28.7 Å². The van der Waals surface area contributed by atoms with Crippen molar-refractivity contribution >= 4 is 27.8 Å². The SMILES string of the molecule is COCC(C)C(=O)N(CC(=O)O)Cc1cccc(Br)c1. The first kappa shape index (κ1) is 16.7. The molecule has 0 saturated carbocycles. The van der Waals surface area contributed by atoms with E-state index in [0.29, 0.717) is 0 Å². The van der Waals surface area contributed by atoms with E-state index in [1.54, 1.807) is 6.92 Å². The van der Waals surface area contributed by atoms with Gasteiger partial charge in [-0.15, -0.1) is 0 Å². The lowest BCUT2D eigenvalue weighted by molar-refractivity contribution is -0.147. The van der Waals surface area contributed by atoms with Crippen LogP contribution in [0.1, 0.15) is 12.5 Å². The molecule has 0 fully saturated rings. The quantitative estimate of drug-likeness (QED) is 0.823. The largest absolute Gasteiger partial charge is 0.480 e. The fourth-order valence-corrected chi connectivity index (χ4v) is 2.31. The van der Waals surface area contributed by atoms with E-state index in [2.05, 4.69) is 15.9 Å². The second-order valence-corrected chi connectivity index (χ2v) is 5.49. The molecule has 1 unspecified atom stereocenters. The molecule has 6 heteroatoms. The third kappa shape index (κ3) is 5.30. The number of rotatable bonds is 7. The van der Waals surface area contributed by atoms with Crippen molar-refractivity contribution in [1.82, 2.24) is 4.90 Å². The number of nitrogens with zero attached hydrogens (tertiary/aromatic N) is 1. The zero-order valence-corrected chi connectivity index (χ0v) is 13.1. The monoisotopic (exact) mass is 343 g/mol. The summed E-state index contributed by atoms with van der Waals surface area (Å²) in [5.41, 5.74) is 0.874. The zero-order chi connectivity index (χ0) is 15.1. The van der Waals surface area contributed by atoms with E-state index in [4.69, 9.17) is 9.84 Å². The summed E-state index contributed by atoms with van der Waals surface area (Å²) in [7, 11) is 1.51. The van der Waals surface area contributed by atoms with Crippen LogP contribution in [-0.4, -0.2) is 42.1 Å². The Hall–Kier alpha value is -1.40. The molecule has 0 aliphatic heterocycles. The van der Waals surface area contributed by atoms with E-state index in [9.17, 15) is 9.59 Å². The maximum Gasteiger partial charge on any atom is 0.323 e. The number of hydrogen-bond acceptors (Lipinski definition) is 3. The number of halogens is 1. The highest BCUT2D eigenvalue weighted by molar-refractivity contribution is 9.10. The topological polar surface area (TPSA) is 66.8 Å². The number of benzene rings is 1. The molecule has 1 aromatic carbocycles. The molecule has 1 amide bonds. The van der Waals surface area contributed by atoms with Crippen LogP contribution in [0.2, 0.25) is 0 Å². The Morgan fingerprint density at radius 2 is 2.15 bits per heavy atom. The number of carboxylic acids is 1. The highest BCUT2D eigenvalue weighted by Crippen LogP contribution is 2.15. The number of hydrogen-bond donors (Lipinski definition) is 1. The molecule has 0 radical (unpaired) electrons. The summed E-state index contributed by atoms with van der Waals surface area (Å²) in [4.78, 5) is 24.5. The van der Waals surface area contributed by atoms with Crippen molar-refractivity contribution in [2.24, 2.45) is 5.92 Å². The zero-order valence-electron chi connectivity index (χ0n) is 11.5. The molecule has 1 aromatic rings. The number of carbonyl (C=O) groups is 2. The Morgan fingerprint density at radius 1 is 1.45 bits per heavy atom. The molecule has 0 aliphatic rings. The highest BCUT2D eigenvalue weighted by atomic mass is 79.9. The first-order valence-corrected chi connectivity index (χ1v) is 6.97. The number of amides is 1. The molecule has 1 atom stereocenters. The van der Waals surface area contributed by atoms with Gasteiger partial charge in [0, 0.05) is 18.1 Å². The first-order chi connectivity index (χ1) is 9.43. The van der Waals surface area contributed by atoms with E-state index >= 15 is 0 Å². The van der Waals surface area contributed by atoms with Gasteiger partial charge in [-0.1, -0.05) is 35.0 Å². The standard InChI is InChI=1S/C14H18BrNO4/c1-10(9-20-2)14(19)16(8-13(17)18)7-11-4-3-5-12(15)6-11/h3-6,10H,7-9H2,1-2H3,(H,17,18). The lowest BCUT2D eigenvalue weighted by atomic mass is 10.1. The maximum absolute atomic E-state index is 12.2. The highest BCUT2D eigenvalue weighted by Gasteiger charge is 2.22. The van der Waals surface area contributed by atoms with Gasteiger partial charge < -0.3 is 14.7 Å². The average molecular weight is 344 g/mol. The van der Waals surface area contributed by atoms with Crippen LogP contribution in [0.25, 0.3) is 0 Å². The molecule has 0 aromatic heterocycles. The molecule has 0 spiro atoms. The molecule has 0 saturated heterocycles. The van der Waals surface area contributed by atoms with Gasteiger partial charge in [0.15, 0.2) is 0 Å². The summed E-state index contributed by atoms with van der Waals surface area (Å²) in [5, 5.41) is 8.94. The van der Waals surface area contributed by atoms with Gasteiger partial charge >= 0.3 is 5.97 Å². The second-order valence-electron chi connectivity index (χ2n) is 4.57. The van der Waals surface area contributed by atoms with Crippen LogP contribution in [-0.2, 0) is 20.9 Å². The Morgan fingerprint density at radius 3 is 2.70 bits per heavy atom. The summed E-state index contributed by atoms with van der Waals surface area (Å²) in [6.45, 7) is 1.94. The van der Waals surface area contributed by atoms with E-state index in [1.165, 1.54) is 12.0 Å². The fourth-order valence-electron chi connectivity index (χ4n) is 1.86. The van der Waals surface area contributed by atoms with Gasteiger partial charge in [0.25, 0.3) is 0 Å². The van der Waals surface area contributed by atoms with Crippen molar-refractivity contribution < 1.29 is 19.4 Å². The summed E-state index contributed by atoms with van der Waals surface area (Å²) in [6.07, 6.45) is 0. The van der Waals surface area contributed by atoms with Gasteiger partial charge in [0.1, 0.15) is 6.54 Å². The van der Waals surface area contributed by atoms with Crippen molar-refractivity contribution in [2.75, 3.05) is 20.3 Å². The Bertz CT molecular complexity index is 478. The van der Waals surface area contributed by atoms with Crippen molar-refractivity contribution in [2.45, 2.75) is 13.5 Å². The third-order valence-electron chi connectivity index (χ3n) is 2.74. The molecule has 1 N–H and O–H groups in total. The van der Waals surface area contributed by atoms with Gasteiger partial charge in [-0.05, 0) is 17.7 Å². The smallest absolute Gasteiger partial charge is 0.323 e.